The zero-order valence-corrected chi connectivity index (χ0v) is 9.65. The van der Waals surface area contributed by atoms with Gasteiger partial charge in [0.05, 0.1) is 11.1 Å². The second-order valence-corrected chi connectivity index (χ2v) is 3.89. The topological polar surface area (TPSA) is 55.1 Å². The van der Waals surface area contributed by atoms with Gasteiger partial charge in [0.15, 0.2) is 0 Å². The summed E-state index contributed by atoms with van der Waals surface area (Å²) in [7, 11) is 0. The maximum absolute atomic E-state index is 10.8. The van der Waals surface area contributed by atoms with Gasteiger partial charge in [-0.3, -0.25) is 4.68 Å². The van der Waals surface area contributed by atoms with Gasteiger partial charge in [0.1, 0.15) is 4.60 Å². The van der Waals surface area contributed by atoms with E-state index in [1.165, 1.54) is 0 Å². The molecule has 0 bridgehead atoms. The van der Waals surface area contributed by atoms with Gasteiger partial charge in [-0.1, -0.05) is 0 Å². The van der Waals surface area contributed by atoms with Crippen molar-refractivity contribution in [3.63, 3.8) is 0 Å². The van der Waals surface area contributed by atoms with E-state index in [-0.39, 0.29) is 5.56 Å². The Morgan fingerprint density at radius 3 is 2.93 bits per heavy atom. The number of fused-ring (bicyclic) bond motifs is 1. The van der Waals surface area contributed by atoms with Crippen LogP contribution in [0.15, 0.2) is 22.8 Å². The molecular formula is C10H9BrN2O2. The van der Waals surface area contributed by atoms with E-state index in [2.05, 4.69) is 21.0 Å². The number of carboxylic acids is 1. The Kier molecular flexibility index (Phi) is 2.48. The van der Waals surface area contributed by atoms with Crippen molar-refractivity contribution < 1.29 is 9.90 Å². The monoisotopic (exact) mass is 268 g/mol. The minimum Gasteiger partial charge on any atom is -0.478 e. The number of hydrogen-bond donors (Lipinski definition) is 1. The van der Waals surface area contributed by atoms with Crippen molar-refractivity contribution in [2.45, 2.75) is 13.5 Å². The largest absolute Gasteiger partial charge is 0.478 e. The summed E-state index contributed by atoms with van der Waals surface area (Å²) in [6, 6.07) is 4.99. The number of aromatic nitrogens is 2. The number of carboxylic acid groups (broad SMARTS) is 1. The fourth-order valence-corrected chi connectivity index (χ4v) is 2.02. The molecule has 2 rings (SSSR count). The van der Waals surface area contributed by atoms with Gasteiger partial charge < -0.3 is 5.11 Å². The molecule has 0 saturated heterocycles. The molecule has 0 aliphatic heterocycles. The zero-order chi connectivity index (χ0) is 11.0. The number of hydrogen-bond acceptors (Lipinski definition) is 2. The molecular weight excluding hydrogens is 260 g/mol. The second-order valence-electron chi connectivity index (χ2n) is 3.14. The van der Waals surface area contributed by atoms with Crippen LogP contribution in [0.1, 0.15) is 17.3 Å². The molecule has 5 heteroatoms. The number of benzene rings is 1. The van der Waals surface area contributed by atoms with E-state index < -0.39 is 5.97 Å². The molecule has 0 unspecified atom stereocenters. The number of halogens is 1. The predicted octanol–water partition coefficient (Wildman–Crippen LogP) is 2.52. The average Bonchev–Trinajstić information content (AvgIpc) is 2.55. The van der Waals surface area contributed by atoms with Gasteiger partial charge in [0.2, 0.25) is 0 Å². The van der Waals surface area contributed by atoms with Crippen LogP contribution in [0, 0.1) is 0 Å². The van der Waals surface area contributed by atoms with E-state index in [4.69, 9.17) is 5.11 Å². The fraction of sp³-hybridized carbons (Fsp3) is 0.200. The first-order valence-electron chi connectivity index (χ1n) is 4.53. The summed E-state index contributed by atoms with van der Waals surface area (Å²) in [6.07, 6.45) is 0. The van der Waals surface area contributed by atoms with Gasteiger partial charge in [0, 0.05) is 11.9 Å². The molecule has 0 amide bonds. The summed E-state index contributed by atoms with van der Waals surface area (Å²) in [5.41, 5.74) is 1.22. The van der Waals surface area contributed by atoms with Gasteiger partial charge in [-0.15, -0.1) is 0 Å². The van der Waals surface area contributed by atoms with Crippen LogP contribution >= 0.6 is 15.9 Å². The third-order valence-corrected chi connectivity index (χ3v) is 2.84. The molecule has 1 aromatic carbocycles. The van der Waals surface area contributed by atoms with Crippen LogP contribution < -0.4 is 0 Å². The Bertz CT molecular complexity index is 533. The van der Waals surface area contributed by atoms with Gasteiger partial charge in [-0.2, -0.15) is 5.10 Å². The molecule has 0 radical (unpaired) electrons. The van der Waals surface area contributed by atoms with E-state index in [9.17, 15) is 4.79 Å². The molecule has 0 aliphatic carbocycles. The molecule has 78 valence electrons. The number of aryl methyl sites for hydroxylation is 1. The quantitative estimate of drug-likeness (QED) is 0.911. The lowest BCUT2D eigenvalue weighted by atomic mass is 10.1. The first kappa shape index (κ1) is 10.2. The lowest BCUT2D eigenvalue weighted by Gasteiger charge is -1.98. The molecule has 0 saturated carbocycles. The number of carbonyl (C=O) groups is 1. The molecule has 0 aliphatic rings. The Balaban J connectivity index is 2.72. The van der Waals surface area contributed by atoms with Crippen LogP contribution in [0.25, 0.3) is 10.9 Å². The predicted molar refractivity (Wildman–Crippen MR) is 60.1 cm³/mol. The molecule has 1 aromatic heterocycles. The average molecular weight is 269 g/mol. The zero-order valence-electron chi connectivity index (χ0n) is 8.07. The van der Waals surface area contributed by atoms with Gasteiger partial charge in [-0.25, -0.2) is 4.79 Å². The standard InChI is InChI=1S/C10H9BrN2O2/c1-2-13-8-4-3-6(10(14)15)5-7(8)9(11)12-13/h3-5H,2H2,1H3,(H,14,15). The number of rotatable bonds is 2. The minimum atomic E-state index is -0.923. The van der Waals surface area contributed by atoms with Crippen molar-refractivity contribution in [2.24, 2.45) is 0 Å². The molecule has 0 spiro atoms. The lowest BCUT2D eigenvalue weighted by Crippen LogP contribution is -1.97. The maximum Gasteiger partial charge on any atom is 0.335 e. The number of aromatic carboxylic acids is 1. The Labute approximate surface area is 94.6 Å². The Hall–Kier alpha value is -1.36. The normalized spacial score (nSPS) is 10.8. The third kappa shape index (κ3) is 1.63. The fourth-order valence-electron chi connectivity index (χ4n) is 1.51. The third-order valence-electron chi connectivity index (χ3n) is 2.25. The van der Waals surface area contributed by atoms with Crippen LogP contribution in [0.3, 0.4) is 0 Å². The first-order chi connectivity index (χ1) is 7.13. The van der Waals surface area contributed by atoms with E-state index in [1.54, 1.807) is 18.2 Å². The maximum atomic E-state index is 10.8. The van der Waals surface area contributed by atoms with Gasteiger partial charge >= 0.3 is 5.97 Å². The smallest absolute Gasteiger partial charge is 0.335 e. The molecule has 0 atom stereocenters. The Morgan fingerprint density at radius 2 is 2.33 bits per heavy atom. The van der Waals surface area contributed by atoms with Crippen molar-refractivity contribution in [1.29, 1.82) is 0 Å². The van der Waals surface area contributed by atoms with Gasteiger partial charge in [-0.05, 0) is 41.1 Å². The van der Waals surface area contributed by atoms with E-state index in [0.717, 1.165) is 17.4 Å². The molecule has 1 heterocycles. The number of nitrogens with zero attached hydrogens (tertiary/aromatic N) is 2. The van der Waals surface area contributed by atoms with Gasteiger partial charge in [0.25, 0.3) is 0 Å². The highest BCUT2D eigenvalue weighted by atomic mass is 79.9. The van der Waals surface area contributed by atoms with Crippen molar-refractivity contribution >= 4 is 32.8 Å². The highest BCUT2D eigenvalue weighted by Gasteiger charge is 2.10. The van der Waals surface area contributed by atoms with Crippen LogP contribution in [-0.2, 0) is 6.54 Å². The minimum absolute atomic E-state index is 0.277. The van der Waals surface area contributed by atoms with Crippen molar-refractivity contribution in [1.82, 2.24) is 9.78 Å². The van der Waals surface area contributed by atoms with E-state index in [0.29, 0.717) is 4.60 Å². The van der Waals surface area contributed by atoms with Crippen LogP contribution in [0.5, 0.6) is 0 Å². The highest BCUT2D eigenvalue weighted by molar-refractivity contribution is 9.10. The SMILES string of the molecule is CCn1nc(Br)c2cc(C(=O)O)ccc21. The summed E-state index contributed by atoms with van der Waals surface area (Å²) in [4.78, 5) is 10.8. The summed E-state index contributed by atoms with van der Waals surface area (Å²) >= 11 is 3.32. The summed E-state index contributed by atoms with van der Waals surface area (Å²) in [5.74, 6) is -0.923. The van der Waals surface area contributed by atoms with E-state index >= 15 is 0 Å². The van der Waals surface area contributed by atoms with Crippen molar-refractivity contribution in [2.75, 3.05) is 0 Å². The molecule has 2 aromatic rings. The summed E-state index contributed by atoms with van der Waals surface area (Å²) in [6.45, 7) is 2.75. The first-order valence-corrected chi connectivity index (χ1v) is 5.32. The lowest BCUT2D eigenvalue weighted by molar-refractivity contribution is 0.0697. The Morgan fingerprint density at radius 1 is 1.60 bits per heavy atom. The van der Waals surface area contributed by atoms with Crippen molar-refractivity contribution in [3.05, 3.63) is 28.4 Å². The second kappa shape index (κ2) is 3.66. The summed E-state index contributed by atoms with van der Waals surface area (Å²) in [5, 5.41) is 13.9. The summed E-state index contributed by atoms with van der Waals surface area (Å²) < 4.78 is 2.51. The molecule has 15 heavy (non-hydrogen) atoms. The van der Waals surface area contributed by atoms with Crippen molar-refractivity contribution in [3.8, 4) is 0 Å². The molecule has 4 nitrogen and oxygen atoms in total. The molecule has 0 fully saturated rings. The molecule has 1 N–H and O–H groups in total. The highest BCUT2D eigenvalue weighted by Crippen LogP contribution is 2.24. The van der Waals surface area contributed by atoms with Crippen LogP contribution in [0.2, 0.25) is 0 Å². The van der Waals surface area contributed by atoms with E-state index in [1.807, 2.05) is 11.6 Å². The van der Waals surface area contributed by atoms with Crippen LogP contribution in [0.4, 0.5) is 0 Å². The van der Waals surface area contributed by atoms with Crippen LogP contribution in [-0.4, -0.2) is 20.9 Å².